The van der Waals surface area contributed by atoms with Gasteiger partial charge in [0.1, 0.15) is 5.67 Å². The van der Waals surface area contributed by atoms with Gasteiger partial charge in [0.2, 0.25) is 0 Å². The fourth-order valence-electron chi connectivity index (χ4n) is 1.02. The molecule has 1 aromatic rings. The lowest BCUT2D eigenvalue weighted by Gasteiger charge is -2.21. The van der Waals surface area contributed by atoms with Gasteiger partial charge in [-0.1, -0.05) is 46.3 Å². The Balaban J connectivity index is 2.86. The third-order valence-corrected chi connectivity index (χ3v) is 3.31. The maximum Gasteiger partial charge on any atom is 0.122 e. The molecule has 0 radical (unpaired) electrons. The van der Waals surface area contributed by atoms with E-state index in [9.17, 15) is 4.39 Å². The largest absolute Gasteiger partial charge is 0.243 e. The molecule has 0 saturated carbocycles. The molecule has 1 aromatic carbocycles. The molecule has 0 N–H and O–H groups in total. The van der Waals surface area contributed by atoms with Crippen LogP contribution in [-0.2, 0) is 0 Å². The van der Waals surface area contributed by atoms with E-state index in [2.05, 4.69) is 15.9 Å². The van der Waals surface area contributed by atoms with Crippen molar-refractivity contribution in [3.8, 4) is 0 Å². The van der Waals surface area contributed by atoms with Gasteiger partial charge in [-0.2, -0.15) is 0 Å². The van der Waals surface area contributed by atoms with E-state index in [0.29, 0.717) is 0 Å². The van der Waals surface area contributed by atoms with E-state index in [1.54, 1.807) is 13.8 Å². The Morgan fingerprint density at radius 3 is 2.17 bits per heavy atom. The average molecular weight is 231 g/mol. The van der Waals surface area contributed by atoms with Gasteiger partial charge in [0, 0.05) is 0 Å². The first kappa shape index (κ1) is 9.72. The quantitative estimate of drug-likeness (QED) is 0.677. The number of hydrogen-bond acceptors (Lipinski definition) is 0. The summed E-state index contributed by atoms with van der Waals surface area (Å²) in [5.41, 5.74) is -0.244. The first-order valence-corrected chi connectivity index (χ1v) is 4.81. The Morgan fingerprint density at radius 2 is 1.75 bits per heavy atom. The summed E-state index contributed by atoms with van der Waals surface area (Å²) in [5, 5.41) is 0. The van der Waals surface area contributed by atoms with Gasteiger partial charge in [0.15, 0.2) is 0 Å². The van der Waals surface area contributed by atoms with Crippen LogP contribution >= 0.6 is 15.9 Å². The number of halogens is 2. The van der Waals surface area contributed by atoms with Gasteiger partial charge in [0.25, 0.3) is 0 Å². The third-order valence-electron chi connectivity index (χ3n) is 1.69. The Labute approximate surface area is 80.9 Å². The van der Waals surface area contributed by atoms with Gasteiger partial charge in [-0.05, 0) is 19.4 Å². The first-order chi connectivity index (χ1) is 5.52. The van der Waals surface area contributed by atoms with Crippen LogP contribution in [0.1, 0.15) is 24.2 Å². The molecule has 0 amide bonds. The van der Waals surface area contributed by atoms with Gasteiger partial charge < -0.3 is 0 Å². The van der Waals surface area contributed by atoms with E-state index < -0.39 is 5.67 Å². The lowest BCUT2D eigenvalue weighted by Crippen LogP contribution is -2.18. The molecular formula is C10H12BrF. The summed E-state index contributed by atoms with van der Waals surface area (Å²) in [6, 6.07) is 9.58. The summed E-state index contributed by atoms with van der Waals surface area (Å²) in [6.07, 6.45) is 0. The van der Waals surface area contributed by atoms with Gasteiger partial charge in [0.05, 0.1) is 4.83 Å². The van der Waals surface area contributed by atoms with Crippen LogP contribution in [0, 0.1) is 0 Å². The number of alkyl halides is 2. The van der Waals surface area contributed by atoms with Crippen LogP contribution in [0.15, 0.2) is 30.3 Å². The standard InChI is InChI=1S/C10H12BrF/c1-10(2,12)9(11)8-6-4-3-5-7-8/h3-7,9H,1-2H3. The zero-order valence-electron chi connectivity index (χ0n) is 7.22. The molecule has 0 bridgehead atoms. The Bertz CT molecular complexity index is 238. The van der Waals surface area contributed by atoms with Crippen LogP contribution in [0.5, 0.6) is 0 Å². The zero-order chi connectivity index (χ0) is 9.19. The van der Waals surface area contributed by atoms with E-state index in [4.69, 9.17) is 0 Å². The van der Waals surface area contributed by atoms with Crippen molar-refractivity contribution in [1.82, 2.24) is 0 Å². The highest BCUT2D eigenvalue weighted by molar-refractivity contribution is 9.09. The van der Waals surface area contributed by atoms with Crippen molar-refractivity contribution < 1.29 is 4.39 Å². The summed E-state index contributed by atoms with van der Waals surface area (Å²) in [7, 11) is 0. The minimum absolute atomic E-state index is 0.230. The van der Waals surface area contributed by atoms with Gasteiger partial charge >= 0.3 is 0 Å². The van der Waals surface area contributed by atoms with Crippen molar-refractivity contribution in [3.63, 3.8) is 0 Å². The Hall–Kier alpha value is -0.370. The van der Waals surface area contributed by atoms with E-state index in [1.165, 1.54) is 0 Å². The normalized spacial score (nSPS) is 14.3. The minimum Gasteiger partial charge on any atom is -0.243 e. The molecule has 0 heterocycles. The summed E-state index contributed by atoms with van der Waals surface area (Å²) >= 11 is 3.33. The van der Waals surface area contributed by atoms with E-state index in [-0.39, 0.29) is 4.83 Å². The Morgan fingerprint density at radius 1 is 1.25 bits per heavy atom. The van der Waals surface area contributed by atoms with E-state index in [1.807, 2.05) is 30.3 Å². The summed E-state index contributed by atoms with van der Waals surface area (Å²) in [6.45, 7) is 3.14. The van der Waals surface area contributed by atoms with Crippen molar-refractivity contribution >= 4 is 15.9 Å². The smallest absolute Gasteiger partial charge is 0.122 e. The molecule has 66 valence electrons. The van der Waals surface area contributed by atoms with Gasteiger partial charge in [-0.25, -0.2) is 4.39 Å². The van der Waals surface area contributed by atoms with E-state index in [0.717, 1.165) is 5.56 Å². The van der Waals surface area contributed by atoms with Crippen molar-refractivity contribution in [3.05, 3.63) is 35.9 Å². The fourth-order valence-corrected chi connectivity index (χ4v) is 1.32. The minimum atomic E-state index is -1.22. The van der Waals surface area contributed by atoms with Crippen LogP contribution in [0.4, 0.5) is 4.39 Å². The molecule has 0 fully saturated rings. The molecule has 2 heteroatoms. The van der Waals surface area contributed by atoms with Gasteiger partial charge in [-0.15, -0.1) is 0 Å². The van der Waals surface area contributed by atoms with E-state index >= 15 is 0 Å². The molecule has 0 aromatic heterocycles. The van der Waals surface area contributed by atoms with Gasteiger partial charge in [-0.3, -0.25) is 0 Å². The maximum atomic E-state index is 13.4. The summed E-state index contributed by atoms with van der Waals surface area (Å²) in [5.74, 6) is 0. The highest BCUT2D eigenvalue weighted by atomic mass is 79.9. The molecule has 0 aliphatic heterocycles. The van der Waals surface area contributed by atoms with Crippen LogP contribution in [-0.4, -0.2) is 5.67 Å². The van der Waals surface area contributed by atoms with Crippen LogP contribution in [0.25, 0.3) is 0 Å². The second-order valence-corrected chi connectivity index (χ2v) is 4.25. The highest BCUT2D eigenvalue weighted by Crippen LogP contribution is 2.36. The molecule has 0 aliphatic rings. The van der Waals surface area contributed by atoms with Crippen molar-refractivity contribution in [2.24, 2.45) is 0 Å². The number of rotatable bonds is 2. The van der Waals surface area contributed by atoms with Crippen LogP contribution < -0.4 is 0 Å². The van der Waals surface area contributed by atoms with Crippen molar-refractivity contribution in [2.75, 3.05) is 0 Å². The highest BCUT2D eigenvalue weighted by Gasteiger charge is 2.27. The van der Waals surface area contributed by atoms with Crippen LogP contribution in [0.2, 0.25) is 0 Å². The lowest BCUT2D eigenvalue weighted by atomic mass is 10.0. The zero-order valence-corrected chi connectivity index (χ0v) is 8.81. The predicted molar refractivity (Wildman–Crippen MR) is 53.3 cm³/mol. The number of hydrogen-bond donors (Lipinski definition) is 0. The molecule has 0 spiro atoms. The second kappa shape index (κ2) is 3.56. The Kier molecular flexibility index (Phi) is 2.89. The molecular weight excluding hydrogens is 219 g/mol. The SMILES string of the molecule is CC(C)(F)C(Br)c1ccccc1. The lowest BCUT2D eigenvalue weighted by molar-refractivity contribution is 0.215. The van der Waals surface area contributed by atoms with Crippen molar-refractivity contribution in [2.45, 2.75) is 24.3 Å². The topological polar surface area (TPSA) is 0 Å². The molecule has 12 heavy (non-hydrogen) atoms. The molecule has 1 atom stereocenters. The molecule has 1 rings (SSSR count). The number of benzene rings is 1. The summed E-state index contributed by atoms with van der Waals surface area (Å²) in [4.78, 5) is -0.230. The molecule has 0 nitrogen and oxygen atoms in total. The summed E-state index contributed by atoms with van der Waals surface area (Å²) < 4.78 is 13.4. The van der Waals surface area contributed by atoms with Crippen LogP contribution in [0.3, 0.4) is 0 Å². The maximum absolute atomic E-state index is 13.4. The molecule has 1 unspecified atom stereocenters. The predicted octanol–water partition coefficient (Wildman–Crippen LogP) is 3.87. The monoisotopic (exact) mass is 230 g/mol. The third kappa shape index (κ3) is 2.31. The molecule has 0 aliphatic carbocycles. The fraction of sp³-hybridized carbons (Fsp3) is 0.400. The average Bonchev–Trinajstić information content (AvgIpc) is 2.03. The first-order valence-electron chi connectivity index (χ1n) is 3.90. The van der Waals surface area contributed by atoms with Crippen molar-refractivity contribution in [1.29, 1.82) is 0 Å². The second-order valence-electron chi connectivity index (χ2n) is 3.34. The molecule has 0 saturated heterocycles.